The van der Waals surface area contributed by atoms with Crippen LogP contribution in [0.25, 0.3) is 0 Å². The first-order chi connectivity index (χ1) is 10.2. The molecule has 2 fully saturated rings. The molecule has 1 nitrogen and oxygen atoms in total. The Bertz CT molecular complexity index is 453. The van der Waals surface area contributed by atoms with Crippen molar-refractivity contribution in [2.75, 3.05) is 13.6 Å². The molecular formula is C21H37N. The van der Waals surface area contributed by atoms with Crippen LogP contribution >= 0.6 is 0 Å². The van der Waals surface area contributed by atoms with E-state index in [1.807, 2.05) is 0 Å². The monoisotopic (exact) mass is 303 g/mol. The first-order valence-electron chi connectivity index (χ1n) is 9.17. The Morgan fingerprint density at radius 1 is 1.14 bits per heavy atom. The number of nitrogens with zero attached hydrogens (tertiary/aromatic N) is 1. The van der Waals surface area contributed by atoms with Gasteiger partial charge in [0, 0.05) is 12.6 Å². The van der Waals surface area contributed by atoms with Gasteiger partial charge in [-0.15, -0.1) is 0 Å². The van der Waals surface area contributed by atoms with Gasteiger partial charge in [-0.3, -0.25) is 4.90 Å². The molecule has 0 aromatic heterocycles. The van der Waals surface area contributed by atoms with Gasteiger partial charge < -0.3 is 0 Å². The fraction of sp³-hybridized carbons (Fsp3) is 0.810. The summed E-state index contributed by atoms with van der Waals surface area (Å²) in [4.78, 5) is 2.63. The van der Waals surface area contributed by atoms with Crippen LogP contribution in [0.1, 0.15) is 73.6 Å². The Morgan fingerprint density at radius 2 is 1.82 bits per heavy atom. The smallest absolute Gasteiger partial charge is 0.0165 e. The zero-order valence-corrected chi connectivity index (χ0v) is 16.0. The van der Waals surface area contributed by atoms with Gasteiger partial charge in [-0.05, 0) is 76.7 Å². The largest absolute Gasteiger partial charge is 0.299 e. The van der Waals surface area contributed by atoms with E-state index in [0.29, 0.717) is 10.8 Å². The molecule has 0 aliphatic heterocycles. The van der Waals surface area contributed by atoms with Crippen LogP contribution in [0.4, 0.5) is 0 Å². The number of hydrogen-bond acceptors (Lipinski definition) is 1. The lowest BCUT2D eigenvalue weighted by atomic mass is 9.69. The van der Waals surface area contributed by atoms with Crippen molar-refractivity contribution in [3.05, 3.63) is 23.3 Å². The van der Waals surface area contributed by atoms with E-state index >= 15 is 0 Å². The molecule has 2 aliphatic rings. The molecule has 0 radical (unpaired) electrons. The van der Waals surface area contributed by atoms with Crippen LogP contribution in [0, 0.1) is 16.7 Å². The van der Waals surface area contributed by atoms with Gasteiger partial charge in [0.2, 0.25) is 0 Å². The number of rotatable bonds is 6. The highest BCUT2D eigenvalue weighted by atomic mass is 15.2. The Morgan fingerprint density at radius 3 is 2.32 bits per heavy atom. The fourth-order valence-corrected chi connectivity index (χ4v) is 4.95. The third kappa shape index (κ3) is 3.20. The third-order valence-electron chi connectivity index (χ3n) is 7.10. The minimum atomic E-state index is 0.510. The van der Waals surface area contributed by atoms with E-state index in [4.69, 9.17) is 0 Å². The molecule has 126 valence electrons. The van der Waals surface area contributed by atoms with Gasteiger partial charge >= 0.3 is 0 Å². The van der Waals surface area contributed by atoms with E-state index in [-0.39, 0.29) is 0 Å². The highest BCUT2D eigenvalue weighted by Crippen LogP contribution is 2.66. The summed E-state index contributed by atoms with van der Waals surface area (Å²) in [6.07, 6.45) is 11.5. The molecule has 0 aromatic rings. The van der Waals surface area contributed by atoms with Crippen LogP contribution in [-0.2, 0) is 0 Å². The zero-order chi connectivity index (χ0) is 16.5. The van der Waals surface area contributed by atoms with Crippen molar-refractivity contribution in [3.8, 4) is 0 Å². The highest BCUT2D eigenvalue weighted by Gasteiger charge is 2.61. The van der Waals surface area contributed by atoms with Gasteiger partial charge in [0.05, 0.1) is 0 Å². The van der Waals surface area contributed by atoms with Gasteiger partial charge in [0.25, 0.3) is 0 Å². The fourth-order valence-electron chi connectivity index (χ4n) is 4.95. The van der Waals surface area contributed by atoms with Crippen molar-refractivity contribution in [2.45, 2.75) is 79.7 Å². The van der Waals surface area contributed by atoms with Crippen LogP contribution in [0.3, 0.4) is 0 Å². The summed E-state index contributed by atoms with van der Waals surface area (Å²) in [5.74, 6) is 0.938. The summed E-state index contributed by atoms with van der Waals surface area (Å²) in [7, 11) is 2.34. The molecule has 0 aromatic carbocycles. The van der Waals surface area contributed by atoms with Crippen molar-refractivity contribution >= 4 is 0 Å². The van der Waals surface area contributed by atoms with Crippen molar-refractivity contribution in [1.82, 2.24) is 4.90 Å². The topological polar surface area (TPSA) is 3.24 Å². The van der Waals surface area contributed by atoms with Gasteiger partial charge in [-0.25, -0.2) is 0 Å². The van der Waals surface area contributed by atoms with E-state index in [0.717, 1.165) is 18.5 Å². The minimum Gasteiger partial charge on any atom is -0.299 e. The first-order valence-corrected chi connectivity index (χ1v) is 9.17. The maximum absolute atomic E-state index is 2.63. The lowest BCUT2D eigenvalue weighted by molar-refractivity contribution is 0.0641. The average Bonchev–Trinajstić information content (AvgIpc) is 2.77. The molecule has 22 heavy (non-hydrogen) atoms. The molecule has 0 heterocycles. The van der Waals surface area contributed by atoms with E-state index in [1.54, 1.807) is 0 Å². The van der Waals surface area contributed by atoms with Crippen LogP contribution in [0.15, 0.2) is 23.3 Å². The second-order valence-electron chi connectivity index (χ2n) is 8.94. The number of fused-ring (bicyclic) bond motifs is 2. The molecule has 0 amide bonds. The molecule has 3 atom stereocenters. The van der Waals surface area contributed by atoms with E-state index < -0.39 is 0 Å². The van der Waals surface area contributed by atoms with Crippen molar-refractivity contribution < 1.29 is 0 Å². The molecule has 2 bridgehead atoms. The normalized spacial score (nSPS) is 33.5. The molecule has 0 N–H and O–H groups in total. The Labute approximate surface area is 138 Å². The lowest BCUT2D eigenvalue weighted by Crippen LogP contribution is -2.45. The maximum Gasteiger partial charge on any atom is 0.0165 e. The molecule has 2 saturated carbocycles. The van der Waals surface area contributed by atoms with Crippen molar-refractivity contribution in [2.24, 2.45) is 16.7 Å². The summed E-state index contributed by atoms with van der Waals surface area (Å²) in [6.45, 7) is 15.3. The standard InChI is InChI=1S/C21H37N/c1-16(2)9-8-10-17(3)12-14-22(7)19-15-18-11-13-21(19,6)20(18,4)5/h9,12,18-19H,8,10-11,13-15H2,1-7H3/b17-12+. The first kappa shape index (κ1) is 17.8. The molecule has 0 spiro atoms. The Kier molecular flexibility index (Phi) is 5.27. The Balaban J connectivity index is 1.91. The molecular weight excluding hydrogens is 266 g/mol. The second kappa shape index (κ2) is 6.51. The van der Waals surface area contributed by atoms with Gasteiger partial charge in [0.15, 0.2) is 0 Å². The lowest BCUT2D eigenvalue weighted by Gasteiger charge is -2.43. The quantitative estimate of drug-likeness (QED) is 0.558. The summed E-state index contributed by atoms with van der Waals surface area (Å²) < 4.78 is 0. The van der Waals surface area contributed by atoms with Crippen molar-refractivity contribution in [1.29, 1.82) is 0 Å². The summed E-state index contributed by atoms with van der Waals surface area (Å²) >= 11 is 0. The number of likely N-dealkylation sites (N-methyl/N-ethyl adjacent to an activating group) is 1. The molecule has 3 unspecified atom stereocenters. The van der Waals surface area contributed by atoms with E-state index in [2.05, 4.69) is 65.6 Å². The highest BCUT2D eigenvalue weighted by molar-refractivity contribution is 5.14. The molecule has 2 aliphatic carbocycles. The Hall–Kier alpha value is -0.560. The third-order valence-corrected chi connectivity index (χ3v) is 7.10. The average molecular weight is 304 g/mol. The molecule has 0 saturated heterocycles. The maximum atomic E-state index is 2.63. The number of allylic oxidation sites excluding steroid dienone is 3. The summed E-state index contributed by atoms with van der Waals surface area (Å²) in [5, 5.41) is 0. The van der Waals surface area contributed by atoms with Crippen LogP contribution in [0.5, 0.6) is 0 Å². The molecule has 1 heteroatoms. The van der Waals surface area contributed by atoms with Gasteiger partial charge in [-0.2, -0.15) is 0 Å². The van der Waals surface area contributed by atoms with E-state index in [9.17, 15) is 0 Å². The SMILES string of the molecule is CC(C)=CCC/C(C)=C/CN(C)C1CC2CCC1(C)C2(C)C. The predicted molar refractivity (Wildman–Crippen MR) is 98.1 cm³/mol. The summed E-state index contributed by atoms with van der Waals surface area (Å²) in [6, 6.07) is 0.767. The van der Waals surface area contributed by atoms with E-state index in [1.165, 1.54) is 43.3 Å². The van der Waals surface area contributed by atoms with Crippen molar-refractivity contribution in [3.63, 3.8) is 0 Å². The number of hydrogen-bond donors (Lipinski definition) is 0. The van der Waals surface area contributed by atoms with Crippen LogP contribution in [-0.4, -0.2) is 24.5 Å². The van der Waals surface area contributed by atoms with Crippen LogP contribution < -0.4 is 0 Å². The minimum absolute atomic E-state index is 0.510. The second-order valence-corrected chi connectivity index (χ2v) is 8.94. The molecule has 2 rings (SSSR count). The zero-order valence-electron chi connectivity index (χ0n) is 16.0. The van der Waals surface area contributed by atoms with Gasteiger partial charge in [0.1, 0.15) is 0 Å². The van der Waals surface area contributed by atoms with Gasteiger partial charge in [-0.1, -0.05) is 44.1 Å². The van der Waals surface area contributed by atoms with Crippen LogP contribution in [0.2, 0.25) is 0 Å². The summed E-state index contributed by atoms with van der Waals surface area (Å²) in [5.41, 5.74) is 4.00. The predicted octanol–water partition coefficient (Wildman–Crippen LogP) is 5.83.